The summed E-state index contributed by atoms with van der Waals surface area (Å²) >= 11 is 0. The normalized spacial score (nSPS) is 16.6. The lowest BCUT2D eigenvalue weighted by molar-refractivity contribution is -0.109. The highest BCUT2D eigenvalue weighted by atomic mass is 16.5. The lowest BCUT2D eigenvalue weighted by Crippen LogP contribution is -2.06. The molecule has 1 fully saturated rings. The van der Waals surface area contributed by atoms with Crippen molar-refractivity contribution >= 4 is 6.29 Å². The van der Waals surface area contributed by atoms with Gasteiger partial charge in [-0.1, -0.05) is 6.07 Å². The SMILES string of the molecule is CCOc1cc(C)c(C(C=O)C2CC2)cc1C. The average molecular weight is 232 g/mol. The van der Waals surface area contributed by atoms with Crippen LogP contribution in [0.1, 0.15) is 42.4 Å². The number of carbonyl (C=O) groups excluding carboxylic acids is 1. The van der Waals surface area contributed by atoms with Crippen LogP contribution in [0.3, 0.4) is 0 Å². The van der Waals surface area contributed by atoms with Gasteiger partial charge in [-0.3, -0.25) is 0 Å². The summed E-state index contributed by atoms with van der Waals surface area (Å²) < 4.78 is 5.57. The van der Waals surface area contributed by atoms with Crippen LogP contribution < -0.4 is 4.74 Å². The third-order valence-electron chi connectivity index (χ3n) is 3.50. The summed E-state index contributed by atoms with van der Waals surface area (Å²) in [5.74, 6) is 1.60. The molecule has 0 N–H and O–H groups in total. The fourth-order valence-electron chi connectivity index (χ4n) is 2.38. The molecule has 1 aliphatic rings. The molecular weight excluding hydrogens is 212 g/mol. The van der Waals surface area contributed by atoms with Gasteiger partial charge in [0.05, 0.1) is 6.61 Å². The van der Waals surface area contributed by atoms with E-state index < -0.39 is 0 Å². The molecule has 1 atom stereocenters. The zero-order valence-corrected chi connectivity index (χ0v) is 10.8. The van der Waals surface area contributed by atoms with E-state index >= 15 is 0 Å². The number of hydrogen-bond donors (Lipinski definition) is 0. The molecule has 1 aromatic rings. The maximum atomic E-state index is 11.2. The van der Waals surface area contributed by atoms with Gasteiger partial charge in [-0.05, 0) is 62.3 Å². The molecule has 0 heterocycles. The Kier molecular flexibility index (Phi) is 3.51. The predicted molar refractivity (Wildman–Crippen MR) is 68.6 cm³/mol. The summed E-state index contributed by atoms with van der Waals surface area (Å²) in [7, 11) is 0. The minimum atomic E-state index is 0.0874. The summed E-state index contributed by atoms with van der Waals surface area (Å²) in [6.07, 6.45) is 3.49. The van der Waals surface area contributed by atoms with Crippen molar-refractivity contribution in [2.24, 2.45) is 5.92 Å². The van der Waals surface area contributed by atoms with Gasteiger partial charge in [-0.25, -0.2) is 0 Å². The van der Waals surface area contributed by atoms with Crippen LogP contribution in [0.15, 0.2) is 12.1 Å². The molecule has 0 aliphatic heterocycles. The number of carbonyl (C=O) groups is 1. The number of hydrogen-bond acceptors (Lipinski definition) is 2. The highest BCUT2D eigenvalue weighted by molar-refractivity contribution is 5.65. The number of benzene rings is 1. The molecule has 1 unspecified atom stereocenters. The first-order chi connectivity index (χ1) is 8.17. The monoisotopic (exact) mass is 232 g/mol. The molecule has 0 radical (unpaired) electrons. The van der Waals surface area contributed by atoms with Crippen molar-refractivity contribution < 1.29 is 9.53 Å². The van der Waals surface area contributed by atoms with E-state index in [0.717, 1.165) is 17.6 Å². The van der Waals surface area contributed by atoms with E-state index in [9.17, 15) is 4.79 Å². The van der Waals surface area contributed by atoms with E-state index in [4.69, 9.17) is 4.74 Å². The fourth-order valence-corrected chi connectivity index (χ4v) is 2.38. The maximum Gasteiger partial charge on any atom is 0.127 e. The second-order valence-electron chi connectivity index (χ2n) is 4.91. The van der Waals surface area contributed by atoms with E-state index in [2.05, 4.69) is 19.1 Å². The van der Waals surface area contributed by atoms with E-state index in [-0.39, 0.29) is 5.92 Å². The van der Waals surface area contributed by atoms with Gasteiger partial charge < -0.3 is 9.53 Å². The van der Waals surface area contributed by atoms with Crippen LogP contribution in [0.25, 0.3) is 0 Å². The molecule has 0 saturated heterocycles. The van der Waals surface area contributed by atoms with Crippen LogP contribution in [0.4, 0.5) is 0 Å². The summed E-state index contributed by atoms with van der Waals surface area (Å²) in [4.78, 5) is 11.2. The second kappa shape index (κ2) is 4.91. The van der Waals surface area contributed by atoms with Crippen molar-refractivity contribution in [2.45, 2.75) is 39.5 Å². The van der Waals surface area contributed by atoms with Crippen molar-refractivity contribution in [3.05, 3.63) is 28.8 Å². The molecule has 0 bridgehead atoms. The highest BCUT2D eigenvalue weighted by Crippen LogP contribution is 2.43. The predicted octanol–water partition coefficient (Wildman–Crippen LogP) is 3.39. The van der Waals surface area contributed by atoms with Gasteiger partial charge in [-0.15, -0.1) is 0 Å². The Morgan fingerprint density at radius 2 is 2.06 bits per heavy atom. The van der Waals surface area contributed by atoms with Crippen LogP contribution in [0, 0.1) is 19.8 Å². The first kappa shape index (κ1) is 12.2. The number of aryl methyl sites for hydroxylation is 2. The molecule has 0 spiro atoms. The molecule has 0 aromatic heterocycles. The summed E-state index contributed by atoms with van der Waals surface area (Å²) in [6.45, 7) is 6.78. The Morgan fingerprint density at radius 1 is 1.35 bits per heavy atom. The number of rotatable bonds is 5. The van der Waals surface area contributed by atoms with Gasteiger partial charge in [0, 0.05) is 5.92 Å². The van der Waals surface area contributed by atoms with Crippen LogP contribution in [0.5, 0.6) is 5.75 Å². The average Bonchev–Trinajstić information content (AvgIpc) is 3.10. The Morgan fingerprint density at radius 3 is 2.59 bits per heavy atom. The third-order valence-corrected chi connectivity index (χ3v) is 3.50. The summed E-state index contributed by atoms with van der Waals surface area (Å²) in [5, 5.41) is 0. The molecule has 0 amide bonds. The van der Waals surface area contributed by atoms with Crippen molar-refractivity contribution in [1.82, 2.24) is 0 Å². The molecule has 1 saturated carbocycles. The molecule has 1 aromatic carbocycles. The summed E-state index contributed by atoms with van der Waals surface area (Å²) in [6, 6.07) is 4.19. The van der Waals surface area contributed by atoms with Crippen molar-refractivity contribution in [3.8, 4) is 5.75 Å². The minimum absolute atomic E-state index is 0.0874. The van der Waals surface area contributed by atoms with E-state index in [1.54, 1.807) is 0 Å². The first-order valence-corrected chi connectivity index (χ1v) is 6.36. The zero-order valence-electron chi connectivity index (χ0n) is 10.8. The Labute approximate surface area is 103 Å². The minimum Gasteiger partial charge on any atom is -0.494 e. The van der Waals surface area contributed by atoms with Gasteiger partial charge >= 0.3 is 0 Å². The number of ether oxygens (including phenoxy) is 1. The Hall–Kier alpha value is -1.31. The van der Waals surface area contributed by atoms with E-state index in [1.165, 1.54) is 24.0 Å². The maximum absolute atomic E-state index is 11.2. The molecule has 2 heteroatoms. The lowest BCUT2D eigenvalue weighted by atomic mass is 9.90. The Balaban J connectivity index is 2.34. The first-order valence-electron chi connectivity index (χ1n) is 6.36. The van der Waals surface area contributed by atoms with Gasteiger partial charge in [0.15, 0.2) is 0 Å². The van der Waals surface area contributed by atoms with Crippen LogP contribution in [-0.4, -0.2) is 12.9 Å². The Bertz CT molecular complexity index is 419. The van der Waals surface area contributed by atoms with Crippen LogP contribution >= 0.6 is 0 Å². The van der Waals surface area contributed by atoms with Crippen molar-refractivity contribution in [1.29, 1.82) is 0 Å². The van der Waals surface area contributed by atoms with Crippen molar-refractivity contribution in [2.75, 3.05) is 6.61 Å². The summed E-state index contributed by atoms with van der Waals surface area (Å²) in [5.41, 5.74) is 3.48. The smallest absolute Gasteiger partial charge is 0.127 e. The lowest BCUT2D eigenvalue weighted by Gasteiger charge is -2.16. The van der Waals surface area contributed by atoms with E-state index in [0.29, 0.717) is 12.5 Å². The van der Waals surface area contributed by atoms with Crippen LogP contribution in [0.2, 0.25) is 0 Å². The van der Waals surface area contributed by atoms with Crippen molar-refractivity contribution in [3.63, 3.8) is 0 Å². The standard InChI is InChI=1S/C15H20O2/c1-4-17-15-8-10(2)13(7-11(15)3)14(9-16)12-5-6-12/h7-9,12,14H,4-6H2,1-3H3. The third kappa shape index (κ3) is 2.51. The second-order valence-corrected chi connectivity index (χ2v) is 4.91. The van der Waals surface area contributed by atoms with Gasteiger partial charge in [0.25, 0.3) is 0 Å². The molecule has 1 aliphatic carbocycles. The largest absolute Gasteiger partial charge is 0.494 e. The molecule has 2 rings (SSSR count). The van der Waals surface area contributed by atoms with E-state index in [1.807, 2.05) is 13.8 Å². The van der Waals surface area contributed by atoms with Gasteiger partial charge in [0.1, 0.15) is 12.0 Å². The topological polar surface area (TPSA) is 26.3 Å². The fraction of sp³-hybridized carbons (Fsp3) is 0.533. The quantitative estimate of drug-likeness (QED) is 0.727. The molecule has 17 heavy (non-hydrogen) atoms. The zero-order chi connectivity index (χ0) is 12.4. The highest BCUT2D eigenvalue weighted by Gasteiger charge is 2.33. The molecule has 2 nitrogen and oxygen atoms in total. The van der Waals surface area contributed by atoms with Gasteiger partial charge in [-0.2, -0.15) is 0 Å². The van der Waals surface area contributed by atoms with Crippen LogP contribution in [-0.2, 0) is 4.79 Å². The molecular formula is C15H20O2. The van der Waals surface area contributed by atoms with Gasteiger partial charge in [0.2, 0.25) is 0 Å². The molecule has 92 valence electrons. The number of aldehydes is 1.